The summed E-state index contributed by atoms with van der Waals surface area (Å²) in [7, 11) is 0. The Morgan fingerprint density at radius 2 is 2.15 bits per heavy atom. The van der Waals surface area contributed by atoms with Crippen molar-refractivity contribution < 1.29 is 19.4 Å². The largest absolute Gasteiger partial charge is 0.501 e. The van der Waals surface area contributed by atoms with Crippen LogP contribution in [0.25, 0.3) is 0 Å². The third-order valence-corrected chi connectivity index (χ3v) is 4.85. The van der Waals surface area contributed by atoms with Gasteiger partial charge in [0.2, 0.25) is 5.75 Å². The number of benzene rings is 1. The average Bonchev–Trinajstić information content (AvgIpc) is 3.48. The van der Waals surface area contributed by atoms with Crippen LogP contribution in [0.5, 0.6) is 5.75 Å². The standard InChI is InChI=1S/C19H21N3O5/c1-19(2)18-21-14(15(23)17(25)22(18)7-8-27-19)16(24)20-9-11-5-3-4-6-12(11)13-10-26-13/h3-6,13,23H,7-10H2,1-2H3,(H,20,24). The van der Waals surface area contributed by atoms with E-state index in [2.05, 4.69) is 10.3 Å². The van der Waals surface area contributed by atoms with Gasteiger partial charge in [-0.25, -0.2) is 4.98 Å². The molecule has 8 nitrogen and oxygen atoms in total. The number of epoxide rings is 1. The van der Waals surface area contributed by atoms with Gasteiger partial charge in [0.25, 0.3) is 11.5 Å². The molecule has 1 fully saturated rings. The molecule has 8 heteroatoms. The molecule has 3 heterocycles. The van der Waals surface area contributed by atoms with Gasteiger partial charge in [-0.1, -0.05) is 24.3 Å². The van der Waals surface area contributed by atoms with E-state index in [0.29, 0.717) is 19.0 Å². The molecule has 0 radical (unpaired) electrons. The summed E-state index contributed by atoms with van der Waals surface area (Å²) in [5.74, 6) is -0.929. The first-order valence-electron chi connectivity index (χ1n) is 8.84. The maximum Gasteiger partial charge on any atom is 0.296 e. The van der Waals surface area contributed by atoms with Crippen LogP contribution in [0.4, 0.5) is 0 Å². The lowest BCUT2D eigenvalue weighted by Crippen LogP contribution is -2.42. The van der Waals surface area contributed by atoms with Crippen LogP contribution in [0.1, 0.15) is 47.4 Å². The highest BCUT2D eigenvalue weighted by Crippen LogP contribution is 2.32. The summed E-state index contributed by atoms with van der Waals surface area (Å²) in [6.07, 6.45) is 0.0657. The van der Waals surface area contributed by atoms with E-state index in [1.165, 1.54) is 4.57 Å². The lowest BCUT2D eigenvalue weighted by Gasteiger charge is -2.32. The fraction of sp³-hybridized carbons (Fsp3) is 0.421. The number of fused-ring (bicyclic) bond motifs is 1. The molecule has 1 aromatic carbocycles. The van der Waals surface area contributed by atoms with Crippen LogP contribution in [-0.4, -0.2) is 33.8 Å². The molecule has 1 unspecified atom stereocenters. The van der Waals surface area contributed by atoms with Gasteiger partial charge in [0.1, 0.15) is 17.5 Å². The summed E-state index contributed by atoms with van der Waals surface area (Å²) >= 11 is 0. The highest BCUT2D eigenvalue weighted by atomic mass is 16.6. The number of nitrogens with one attached hydrogen (secondary N) is 1. The van der Waals surface area contributed by atoms with Crippen molar-refractivity contribution in [2.24, 2.45) is 0 Å². The predicted octanol–water partition coefficient (Wildman–Crippen LogP) is 1.22. The van der Waals surface area contributed by atoms with Crippen LogP contribution < -0.4 is 10.9 Å². The summed E-state index contributed by atoms with van der Waals surface area (Å²) in [6, 6.07) is 7.67. The van der Waals surface area contributed by atoms with Crippen molar-refractivity contribution in [1.82, 2.24) is 14.9 Å². The number of hydrogen-bond acceptors (Lipinski definition) is 6. The van der Waals surface area contributed by atoms with Crippen LogP contribution in [0.3, 0.4) is 0 Å². The van der Waals surface area contributed by atoms with Crippen molar-refractivity contribution in [2.45, 2.75) is 38.6 Å². The summed E-state index contributed by atoms with van der Waals surface area (Å²) < 4.78 is 12.3. The van der Waals surface area contributed by atoms with E-state index in [9.17, 15) is 14.7 Å². The molecule has 2 aliphatic rings. The number of ether oxygens (including phenoxy) is 2. The van der Waals surface area contributed by atoms with Crippen LogP contribution in [-0.2, 0) is 28.2 Å². The van der Waals surface area contributed by atoms with Crippen LogP contribution in [0, 0.1) is 0 Å². The third-order valence-electron chi connectivity index (χ3n) is 4.85. The van der Waals surface area contributed by atoms with Gasteiger partial charge in [-0.2, -0.15) is 0 Å². The normalized spacial score (nSPS) is 20.0. The molecule has 0 bridgehead atoms. The third kappa shape index (κ3) is 3.22. The van der Waals surface area contributed by atoms with E-state index >= 15 is 0 Å². The molecule has 1 atom stereocenters. The Morgan fingerprint density at radius 1 is 1.41 bits per heavy atom. The number of nitrogens with zero attached hydrogens (tertiary/aromatic N) is 2. The minimum absolute atomic E-state index is 0.0657. The fourth-order valence-electron chi connectivity index (χ4n) is 3.32. The Bertz CT molecular complexity index is 962. The van der Waals surface area contributed by atoms with Gasteiger partial charge in [-0.3, -0.25) is 14.2 Å². The number of rotatable bonds is 4. The summed E-state index contributed by atoms with van der Waals surface area (Å²) in [5.41, 5.74) is 0.204. The number of aromatic nitrogens is 2. The first-order valence-corrected chi connectivity index (χ1v) is 8.84. The van der Waals surface area contributed by atoms with Crippen molar-refractivity contribution in [2.75, 3.05) is 13.2 Å². The molecule has 1 saturated heterocycles. The van der Waals surface area contributed by atoms with Crippen molar-refractivity contribution in [3.05, 3.63) is 57.3 Å². The van der Waals surface area contributed by atoms with Crippen molar-refractivity contribution in [3.8, 4) is 5.75 Å². The van der Waals surface area contributed by atoms with Crippen LogP contribution in [0.15, 0.2) is 29.1 Å². The zero-order valence-electron chi connectivity index (χ0n) is 15.2. The Labute approximate surface area is 155 Å². The topological polar surface area (TPSA) is 106 Å². The summed E-state index contributed by atoms with van der Waals surface area (Å²) in [5, 5.41) is 13.0. The molecule has 1 amide bonds. The van der Waals surface area contributed by atoms with E-state index in [1.807, 2.05) is 24.3 Å². The summed E-state index contributed by atoms with van der Waals surface area (Å²) in [4.78, 5) is 29.4. The van der Waals surface area contributed by atoms with Crippen molar-refractivity contribution >= 4 is 5.91 Å². The van der Waals surface area contributed by atoms with Gasteiger partial charge in [0, 0.05) is 6.54 Å². The number of aromatic hydroxyl groups is 1. The maximum atomic E-state index is 12.6. The second kappa shape index (κ2) is 6.47. The number of carbonyl (C=O) groups excluding carboxylic acids is 1. The molecule has 2 aromatic rings. The molecular weight excluding hydrogens is 350 g/mol. The quantitative estimate of drug-likeness (QED) is 0.783. The molecule has 27 heavy (non-hydrogen) atoms. The second-order valence-electron chi connectivity index (χ2n) is 7.15. The highest BCUT2D eigenvalue weighted by molar-refractivity contribution is 5.94. The highest BCUT2D eigenvalue weighted by Gasteiger charge is 2.34. The van der Waals surface area contributed by atoms with Crippen molar-refractivity contribution in [3.63, 3.8) is 0 Å². The number of carbonyl (C=O) groups is 1. The molecule has 4 rings (SSSR count). The molecule has 0 aliphatic carbocycles. The lowest BCUT2D eigenvalue weighted by atomic mass is 10.0. The second-order valence-corrected chi connectivity index (χ2v) is 7.15. The Balaban J connectivity index is 1.61. The molecule has 1 aromatic heterocycles. The molecule has 2 aliphatic heterocycles. The molecule has 0 saturated carbocycles. The Morgan fingerprint density at radius 3 is 2.89 bits per heavy atom. The van der Waals surface area contributed by atoms with Gasteiger partial charge in [0.05, 0.1) is 19.8 Å². The van der Waals surface area contributed by atoms with E-state index < -0.39 is 22.8 Å². The first-order chi connectivity index (χ1) is 12.9. The fourth-order valence-corrected chi connectivity index (χ4v) is 3.32. The van der Waals surface area contributed by atoms with Crippen LogP contribution >= 0.6 is 0 Å². The van der Waals surface area contributed by atoms with Gasteiger partial charge in [0.15, 0.2) is 5.69 Å². The Hall–Kier alpha value is -2.71. The van der Waals surface area contributed by atoms with Gasteiger partial charge in [-0.05, 0) is 25.0 Å². The molecule has 142 valence electrons. The monoisotopic (exact) mass is 371 g/mol. The molecule has 0 spiro atoms. The minimum atomic E-state index is -0.823. The first kappa shape index (κ1) is 17.7. The minimum Gasteiger partial charge on any atom is -0.501 e. The lowest BCUT2D eigenvalue weighted by molar-refractivity contribution is -0.0566. The van der Waals surface area contributed by atoms with Crippen LogP contribution in [0.2, 0.25) is 0 Å². The number of amides is 1. The predicted molar refractivity (Wildman–Crippen MR) is 95.4 cm³/mol. The summed E-state index contributed by atoms with van der Waals surface area (Å²) in [6.45, 7) is 5.09. The molecule has 2 N–H and O–H groups in total. The smallest absolute Gasteiger partial charge is 0.296 e. The number of hydrogen-bond donors (Lipinski definition) is 2. The van der Waals surface area contributed by atoms with E-state index in [4.69, 9.17) is 9.47 Å². The van der Waals surface area contributed by atoms with E-state index in [-0.39, 0.29) is 24.9 Å². The van der Waals surface area contributed by atoms with E-state index in [0.717, 1.165) is 11.1 Å². The zero-order valence-corrected chi connectivity index (χ0v) is 15.2. The van der Waals surface area contributed by atoms with Gasteiger partial charge >= 0.3 is 0 Å². The molecular formula is C19H21N3O5. The Kier molecular flexibility index (Phi) is 4.24. The maximum absolute atomic E-state index is 12.6. The van der Waals surface area contributed by atoms with Gasteiger partial charge in [-0.15, -0.1) is 0 Å². The average molecular weight is 371 g/mol. The van der Waals surface area contributed by atoms with Gasteiger partial charge < -0.3 is 19.9 Å². The van der Waals surface area contributed by atoms with E-state index in [1.54, 1.807) is 13.8 Å². The SMILES string of the molecule is CC1(C)OCCn2c1nc(C(=O)NCc1ccccc1C1CO1)c(O)c2=O. The zero-order chi connectivity index (χ0) is 19.2. The van der Waals surface area contributed by atoms with Crippen molar-refractivity contribution in [1.29, 1.82) is 0 Å².